The molecule has 60 valence electrons. The van der Waals surface area contributed by atoms with Crippen LogP contribution in [0.3, 0.4) is 0 Å². The minimum absolute atomic E-state index is 0.537. The normalized spacial score (nSPS) is 21.6. The van der Waals surface area contributed by atoms with E-state index in [0.29, 0.717) is 0 Å². The van der Waals surface area contributed by atoms with Crippen LogP contribution in [0.5, 0.6) is 0 Å². The maximum absolute atomic E-state index is 10.7. The summed E-state index contributed by atoms with van der Waals surface area (Å²) in [7, 11) is 2.57. The van der Waals surface area contributed by atoms with Gasteiger partial charge in [0.05, 0.1) is 0 Å². The van der Waals surface area contributed by atoms with Gasteiger partial charge in [-0.2, -0.15) is 0 Å². The Labute approximate surface area is 69.7 Å². The summed E-state index contributed by atoms with van der Waals surface area (Å²) in [6, 6.07) is 0. The van der Waals surface area contributed by atoms with Crippen molar-refractivity contribution in [3.8, 4) is 0 Å². The molecule has 0 N–H and O–H groups in total. The predicted octanol–water partition coefficient (Wildman–Crippen LogP) is 0.999. The molecule has 5 nitrogen and oxygen atoms in total. The van der Waals surface area contributed by atoms with Crippen LogP contribution >= 0.6 is 21.6 Å². The maximum Gasteiger partial charge on any atom is 0.321 e. The zero-order chi connectivity index (χ0) is 8.27. The van der Waals surface area contributed by atoms with Gasteiger partial charge in [-0.15, -0.1) is 10.1 Å². The molecule has 0 radical (unpaired) electrons. The third-order valence-corrected chi connectivity index (χ3v) is 3.09. The summed E-state index contributed by atoms with van der Waals surface area (Å²) in [5, 5.41) is 9.75. The average molecular weight is 193 g/mol. The monoisotopic (exact) mass is 193 g/mol. The van der Waals surface area contributed by atoms with Crippen molar-refractivity contribution in [2.45, 2.75) is 5.25 Å². The van der Waals surface area contributed by atoms with E-state index in [2.05, 4.69) is 4.84 Å². The molecule has 1 rings (SSSR count). The molecule has 0 aliphatic carbocycles. The van der Waals surface area contributed by atoms with Gasteiger partial charge in [0, 0.05) is 0 Å². The molecule has 0 aromatic rings. The van der Waals surface area contributed by atoms with E-state index >= 15 is 0 Å². The van der Waals surface area contributed by atoms with E-state index in [1.807, 2.05) is 0 Å². The minimum atomic E-state index is -1.10. The second-order valence-electron chi connectivity index (χ2n) is 1.58. The molecular weight excluding hydrogens is 190 g/mol. The molecule has 7 heteroatoms. The molecule has 1 heterocycles. The first kappa shape index (κ1) is 8.41. The van der Waals surface area contributed by atoms with Gasteiger partial charge in [-0.25, -0.2) is 4.84 Å². The summed E-state index contributed by atoms with van der Waals surface area (Å²) >= 11 is 0. The molecule has 1 aliphatic heterocycles. The highest BCUT2D eigenvalue weighted by Gasteiger charge is 2.22. The predicted molar refractivity (Wildman–Crippen MR) is 41.2 cm³/mol. The maximum atomic E-state index is 10.7. The van der Waals surface area contributed by atoms with Crippen molar-refractivity contribution in [1.29, 1.82) is 0 Å². The highest BCUT2D eigenvalue weighted by Crippen LogP contribution is 2.35. The molecule has 0 amide bonds. The molecule has 1 unspecified atom stereocenters. The lowest BCUT2D eigenvalue weighted by molar-refractivity contribution is -0.729. The van der Waals surface area contributed by atoms with Crippen LogP contribution in [0, 0.1) is 10.1 Å². The van der Waals surface area contributed by atoms with Crippen LogP contribution in [0.25, 0.3) is 0 Å². The lowest BCUT2D eigenvalue weighted by Crippen LogP contribution is -2.19. The summed E-state index contributed by atoms with van der Waals surface area (Å²) in [6.45, 7) is 0. The van der Waals surface area contributed by atoms with Gasteiger partial charge in [-0.3, -0.25) is 4.79 Å². The molecule has 1 atom stereocenters. The second kappa shape index (κ2) is 3.63. The average Bonchev–Trinajstić information content (AvgIpc) is 2.35. The van der Waals surface area contributed by atoms with Crippen LogP contribution < -0.4 is 0 Å². The summed E-state index contributed by atoms with van der Waals surface area (Å²) in [5.74, 6) is -0.832. The van der Waals surface area contributed by atoms with Gasteiger partial charge in [0.2, 0.25) is 0 Å². The lowest BCUT2D eigenvalue weighted by Gasteiger charge is -2.00. The van der Waals surface area contributed by atoms with Crippen LogP contribution in [-0.4, -0.2) is 16.3 Å². The Bertz CT molecular complexity index is 216. The fourth-order valence-electron chi connectivity index (χ4n) is 0.471. The van der Waals surface area contributed by atoms with Crippen LogP contribution in [0.4, 0.5) is 0 Å². The lowest BCUT2D eigenvalue weighted by atomic mass is 10.4. The van der Waals surface area contributed by atoms with E-state index in [-0.39, 0.29) is 0 Å². The number of nitrogens with zero attached hydrogens (tertiary/aromatic N) is 1. The quantitative estimate of drug-likeness (QED) is 0.370. The van der Waals surface area contributed by atoms with Gasteiger partial charge in [0.1, 0.15) is 5.25 Å². The third-order valence-electron chi connectivity index (χ3n) is 0.865. The Hall–Kier alpha value is -0.690. The Kier molecular flexibility index (Phi) is 2.77. The van der Waals surface area contributed by atoms with Crippen molar-refractivity contribution in [3.63, 3.8) is 0 Å². The Morgan fingerprint density at radius 1 is 1.73 bits per heavy atom. The van der Waals surface area contributed by atoms with E-state index in [4.69, 9.17) is 0 Å². The Balaban J connectivity index is 2.41. The van der Waals surface area contributed by atoms with Crippen LogP contribution in [0.1, 0.15) is 0 Å². The van der Waals surface area contributed by atoms with Crippen molar-refractivity contribution < 1.29 is 14.7 Å². The topological polar surface area (TPSA) is 69.4 Å². The number of hydrogen-bond acceptors (Lipinski definition) is 6. The standard InChI is InChI=1S/C4H3NO4S2/c6-4(9-5(7)8)3-1-2-10-11-3/h1-3H. The summed E-state index contributed by atoms with van der Waals surface area (Å²) in [4.78, 5) is 24.1. The molecule has 0 spiro atoms. The fraction of sp³-hybridized carbons (Fsp3) is 0.250. The SMILES string of the molecule is O=C(O[N+](=O)[O-])C1C=CSS1. The van der Waals surface area contributed by atoms with Gasteiger partial charge in [0.15, 0.2) is 0 Å². The number of carbonyl (C=O) groups excluding carboxylic acids is 1. The van der Waals surface area contributed by atoms with Crippen molar-refractivity contribution in [1.82, 2.24) is 0 Å². The fourth-order valence-corrected chi connectivity index (χ4v) is 2.41. The molecular formula is C4H3NO4S2. The van der Waals surface area contributed by atoms with Crippen LogP contribution in [-0.2, 0) is 9.63 Å². The Morgan fingerprint density at radius 3 is 2.91 bits per heavy atom. The molecule has 11 heavy (non-hydrogen) atoms. The van der Waals surface area contributed by atoms with E-state index in [1.165, 1.54) is 21.6 Å². The van der Waals surface area contributed by atoms with Gasteiger partial charge in [-0.05, 0) is 5.41 Å². The van der Waals surface area contributed by atoms with Gasteiger partial charge >= 0.3 is 11.1 Å². The molecule has 0 aromatic heterocycles. The summed E-state index contributed by atoms with van der Waals surface area (Å²) in [6.07, 6.45) is 1.56. The Morgan fingerprint density at radius 2 is 2.45 bits per heavy atom. The largest absolute Gasteiger partial charge is 0.321 e. The van der Waals surface area contributed by atoms with E-state index in [1.54, 1.807) is 11.5 Å². The van der Waals surface area contributed by atoms with Crippen molar-refractivity contribution >= 4 is 27.6 Å². The van der Waals surface area contributed by atoms with Gasteiger partial charge in [-0.1, -0.05) is 27.7 Å². The number of rotatable bonds is 2. The smallest absolute Gasteiger partial charge is 0.267 e. The molecule has 0 saturated carbocycles. The van der Waals surface area contributed by atoms with E-state index in [0.717, 1.165) is 0 Å². The highest BCUT2D eigenvalue weighted by atomic mass is 33.1. The molecule has 0 fully saturated rings. The first-order chi connectivity index (χ1) is 5.20. The van der Waals surface area contributed by atoms with E-state index in [9.17, 15) is 14.9 Å². The van der Waals surface area contributed by atoms with E-state index < -0.39 is 16.3 Å². The van der Waals surface area contributed by atoms with Gasteiger partial charge in [0.25, 0.3) is 0 Å². The minimum Gasteiger partial charge on any atom is -0.267 e. The van der Waals surface area contributed by atoms with Crippen LogP contribution in [0.2, 0.25) is 0 Å². The third kappa shape index (κ3) is 2.43. The zero-order valence-corrected chi connectivity index (χ0v) is 6.76. The molecule has 1 aliphatic rings. The first-order valence-corrected chi connectivity index (χ1v) is 4.83. The second-order valence-corrected chi connectivity index (χ2v) is 3.90. The molecule has 0 saturated heterocycles. The van der Waals surface area contributed by atoms with Crippen molar-refractivity contribution in [2.75, 3.05) is 0 Å². The molecule has 0 bridgehead atoms. The number of hydrogen-bond donors (Lipinski definition) is 0. The summed E-state index contributed by atoms with van der Waals surface area (Å²) in [5.41, 5.74) is 0. The van der Waals surface area contributed by atoms with Gasteiger partial charge < -0.3 is 0 Å². The van der Waals surface area contributed by atoms with Crippen LogP contribution in [0.15, 0.2) is 11.5 Å². The highest BCUT2D eigenvalue weighted by molar-refractivity contribution is 8.78. The summed E-state index contributed by atoms with van der Waals surface area (Å²) < 4.78 is 0. The molecule has 0 aromatic carbocycles. The zero-order valence-electron chi connectivity index (χ0n) is 5.13. The first-order valence-electron chi connectivity index (χ1n) is 2.55. The number of carbonyl (C=O) groups is 1. The van der Waals surface area contributed by atoms with Crippen molar-refractivity contribution in [3.05, 3.63) is 21.6 Å². The van der Waals surface area contributed by atoms with Crippen molar-refractivity contribution in [2.24, 2.45) is 0 Å².